The first-order valence-corrected chi connectivity index (χ1v) is 7.77. The van der Waals surface area contributed by atoms with Crippen LogP contribution in [0.3, 0.4) is 0 Å². The van der Waals surface area contributed by atoms with Gasteiger partial charge in [-0.2, -0.15) is 0 Å². The van der Waals surface area contributed by atoms with E-state index in [9.17, 15) is 14.7 Å². The van der Waals surface area contributed by atoms with E-state index in [1.807, 2.05) is 11.4 Å². The molecular formula is C14H17NO4S. The number of amides is 1. The summed E-state index contributed by atoms with van der Waals surface area (Å²) in [7, 11) is 0. The SMILES string of the molecule is O=C(O)C1c2ccsc2CCN1C(=O)C1CCCCO1. The van der Waals surface area contributed by atoms with Gasteiger partial charge >= 0.3 is 5.97 Å². The fourth-order valence-corrected chi connectivity index (χ4v) is 3.84. The molecule has 0 aliphatic carbocycles. The van der Waals surface area contributed by atoms with Crippen molar-refractivity contribution in [1.29, 1.82) is 0 Å². The minimum Gasteiger partial charge on any atom is -0.479 e. The predicted molar refractivity (Wildman–Crippen MR) is 73.7 cm³/mol. The summed E-state index contributed by atoms with van der Waals surface area (Å²) in [6.07, 6.45) is 2.89. The number of hydrogen-bond donors (Lipinski definition) is 1. The van der Waals surface area contributed by atoms with Crippen LogP contribution >= 0.6 is 11.3 Å². The largest absolute Gasteiger partial charge is 0.479 e. The zero-order valence-corrected chi connectivity index (χ0v) is 11.9. The van der Waals surface area contributed by atoms with Crippen molar-refractivity contribution in [3.8, 4) is 0 Å². The van der Waals surface area contributed by atoms with Gasteiger partial charge in [0.25, 0.3) is 5.91 Å². The average Bonchev–Trinajstić information content (AvgIpc) is 2.94. The summed E-state index contributed by atoms with van der Waals surface area (Å²) in [5.41, 5.74) is 0.762. The summed E-state index contributed by atoms with van der Waals surface area (Å²) < 4.78 is 5.51. The highest BCUT2D eigenvalue weighted by Crippen LogP contribution is 2.34. The molecular weight excluding hydrogens is 278 g/mol. The molecule has 3 heterocycles. The number of carboxylic acid groups (broad SMARTS) is 1. The second-order valence-electron chi connectivity index (χ2n) is 5.18. The maximum Gasteiger partial charge on any atom is 0.331 e. The van der Waals surface area contributed by atoms with Crippen LogP contribution in [-0.2, 0) is 20.7 Å². The first-order chi connectivity index (χ1) is 9.68. The number of ether oxygens (including phenoxy) is 1. The number of carbonyl (C=O) groups is 2. The van der Waals surface area contributed by atoms with Crippen LogP contribution in [0.5, 0.6) is 0 Å². The second-order valence-corrected chi connectivity index (χ2v) is 6.18. The highest BCUT2D eigenvalue weighted by Gasteiger charge is 2.39. The third kappa shape index (κ3) is 2.33. The Kier molecular flexibility index (Phi) is 3.76. The number of fused-ring (bicyclic) bond motifs is 1. The predicted octanol–water partition coefficient (Wildman–Crippen LogP) is 1.83. The van der Waals surface area contributed by atoms with E-state index in [0.29, 0.717) is 19.6 Å². The lowest BCUT2D eigenvalue weighted by Gasteiger charge is -2.36. The summed E-state index contributed by atoms with van der Waals surface area (Å²) in [4.78, 5) is 26.7. The van der Waals surface area contributed by atoms with E-state index in [1.54, 1.807) is 11.3 Å². The molecule has 5 nitrogen and oxygen atoms in total. The van der Waals surface area contributed by atoms with Crippen LogP contribution in [0.25, 0.3) is 0 Å². The zero-order valence-electron chi connectivity index (χ0n) is 11.1. The van der Waals surface area contributed by atoms with Crippen LogP contribution in [0.4, 0.5) is 0 Å². The summed E-state index contributed by atoms with van der Waals surface area (Å²) in [5, 5.41) is 11.4. The molecule has 0 radical (unpaired) electrons. The Bertz CT molecular complexity index is 521. The smallest absolute Gasteiger partial charge is 0.331 e. The quantitative estimate of drug-likeness (QED) is 0.904. The van der Waals surface area contributed by atoms with E-state index < -0.39 is 18.1 Å². The van der Waals surface area contributed by atoms with Gasteiger partial charge in [0, 0.05) is 18.0 Å². The van der Waals surface area contributed by atoms with Crippen LogP contribution in [0.1, 0.15) is 35.7 Å². The normalized spacial score (nSPS) is 26.1. The fourth-order valence-electron chi connectivity index (χ4n) is 2.94. The lowest BCUT2D eigenvalue weighted by Crippen LogP contribution is -2.48. The van der Waals surface area contributed by atoms with Gasteiger partial charge < -0.3 is 14.7 Å². The van der Waals surface area contributed by atoms with Crippen molar-refractivity contribution in [3.63, 3.8) is 0 Å². The van der Waals surface area contributed by atoms with E-state index in [2.05, 4.69) is 0 Å². The van der Waals surface area contributed by atoms with Gasteiger partial charge in [0.1, 0.15) is 6.10 Å². The minimum atomic E-state index is -0.964. The van der Waals surface area contributed by atoms with Crippen LogP contribution in [-0.4, -0.2) is 41.1 Å². The van der Waals surface area contributed by atoms with Gasteiger partial charge in [0.2, 0.25) is 0 Å². The molecule has 2 aliphatic heterocycles. The van der Waals surface area contributed by atoms with Crippen molar-refractivity contribution < 1.29 is 19.4 Å². The third-order valence-corrected chi connectivity index (χ3v) is 4.93. The molecule has 0 saturated carbocycles. The lowest BCUT2D eigenvalue weighted by molar-refractivity contribution is -0.158. The summed E-state index contributed by atoms with van der Waals surface area (Å²) in [5.74, 6) is -1.14. The number of hydrogen-bond acceptors (Lipinski definition) is 4. The number of aliphatic carboxylic acids is 1. The fraction of sp³-hybridized carbons (Fsp3) is 0.571. The zero-order chi connectivity index (χ0) is 14.1. The van der Waals surface area contributed by atoms with Gasteiger partial charge in [0.15, 0.2) is 6.04 Å². The van der Waals surface area contributed by atoms with Crippen molar-refractivity contribution in [2.24, 2.45) is 0 Å². The molecule has 108 valence electrons. The molecule has 0 bridgehead atoms. The van der Waals surface area contributed by atoms with Crippen LogP contribution in [0.15, 0.2) is 11.4 Å². The molecule has 3 rings (SSSR count). The van der Waals surface area contributed by atoms with E-state index in [1.165, 1.54) is 4.90 Å². The van der Waals surface area contributed by atoms with Crippen LogP contribution in [0, 0.1) is 0 Å². The van der Waals surface area contributed by atoms with E-state index in [4.69, 9.17) is 4.74 Å². The highest BCUT2D eigenvalue weighted by atomic mass is 32.1. The van der Waals surface area contributed by atoms with E-state index in [-0.39, 0.29) is 5.91 Å². The molecule has 1 aromatic rings. The van der Waals surface area contributed by atoms with Crippen molar-refractivity contribution in [1.82, 2.24) is 4.90 Å². The molecule has 1 saturated heterocycles. The molecule has 0 aromatic carbocycles. The van der Waals surface area contributed by atoms with Gasteiger partial charge in [-0.05, 0) is 42.7 Å². The lowest BCUT2D eigenvalue weighted by atomic mass is 9.98. The van der Waals surface area contributed by atoms with Crippen LogP contribution in [0.2, 0.25) is 0 Å². The standard InChI is InChI=1S/C14H17NO4S/c16-13(10-3-1-2-7-19-10)15-6-4-11-9(5-8-20-11)12(15)14(17)18/h5,8,10,12H,1-4,6-7H2,(H,17,18). The van der Waals surface area contributed by atoms with Crippen molar-refractivity contribution >= 4 is 23.2 Å². The first-order valence-electron chi connectivity index (χ1n) is 6.89. The van der Waals surface area contributed by atoms with Crippen molar-refractivity contribution in [2.75, 3.05) is 13.2 Å². The third-order valence-electron chi connectivity index (χ3n) is 3.94. The average molecular weight is 295 g/mol. The Balaban J connectivity index is 1.85. The van der Waals surface area contributed by atoms with Gasteiger partial charge in [-0.3, -0.25) is 4.79 Å². The molecule has 0 spiro atoms. The minimum absolute atomic E-state index is 0.172. The Labute approximate surface area is 121 Å². The van der Waals surface area contributed by atoms with Crippen LogP contribution < -0.4 is 0 Å². The van der Waals surface area contributed by atoms with E-state index in [0.717, 1.165) is 29.7 Å². The number of rotatable bonds is 2. The molecule has 2 unspecified atom stereocenters. The van der Waals surface area contributed by atoms with Crippen molar-refractivity contribution in [2.45, 2.75) is 37.8 Å². The van der Waals surface area contributed by atoms with E-state index >= 15 is 0 Å². The number of carbonyl (C=O) groups excluding carboxylic acids is 1. The second kappa shape index (κ2) is 5.54. The molecule has 1 amide bonds. The molecule has 20 heavy (non-hydrogen) atoms. The summed E-state index contributed by atoms with van der Waals surface area (Å²) in [6.45, 7) is 1.05. The molecule has 1 N–H and O–H groups in total. The maximum atomic E-state index is 12.5. The number of nitrogens with zero attached hydrogens (tertiary/aromatic N) is 1. The van der Waals surface area contributed by atoms with Gasteiger partial charge in [-0.25, -0.2) is 4.79 Å². The Hall–Kier alpha value is -1.40. The molecule has 2 aliphatic rings. The first kappa shape index (κ1) is 13.6. The molecule has 6 heteroatoms. The summed E-state index contributed by atoms with van der Waals surface area (Å²) >= 11 is 1.56. The van der Waals surface area contributed by atoms with Gasteiger partial charge in [0.05, 0.1) is 0 Å². The molecule has 2 atom stereocenters. The molecule has 1 aromatic heterocycles. The monoisotopic (exact) mass is 295 g/mol. The van der Waals surface area contributed by atoms with Gasteiger partial charge in [-0.1, -0.05) is 0 Å². The highest BCUT2D eigenvalue weighted by molar-refractivity contribution is 7.10. The van der Waals surface area contributed by atoms with Crippen molar-refractivity contribution in [3.05, 3.63) is 21.9 Å². The Morgan fingerprint density at radius 3 is 2.95 bits per heavy atom. The molecule has 1 fully saturated rings. The Morgan fingerprint density at radius 1 is 1.40 bits per heavy atom. The summed E-state index contributed by atoms with van der Waals surface area (Å²) in [6, 6.07) is 0.961. The maximum absolute atomic E-state index is 12.5. The van der Waals surface area contributed by atoms with Gasteiger partial charge in [-0.15, -0.1) is 11.3 Å². The topological polar surface area (TPSA) is 66.8 Å². The number of thiophene rings is 1. The number of carboxylic acids is 1. The Morgan fingerprint density at radius 2 is 2.25 bits per heavy atom.